The molecule has 2 rings (SSSR count). The maximum atomic E-state index is 3.53. The normalized spacial score (nSPS) is 20.3. The number of nitrogens with one attached hydrogen (secondary N) is 1. The molecule has 0 saturated heterocycles. The molecule has 70 valence electrons. The minimum atomic E-state index is 0.581. The van der Waals surface area contributed by atoms with Crippen molar-refractivity contribution in [1.82, 2.24) is 5.32 Å². The van der Waals surface area contributed by atoms with Gasteiger partial charge in [-0.3, -0.25) is 0 Å². The highest BCUT2D eigenvalue weighted by atomic mass is 79.9. The summed E-state index contributed by atoms with van der Waals surface area (Å²) in [6.07, 6.45) is 2.48. The van der Waals surface area contributed by atoms with Crippen molar-refractivity contribution in [3.63, 3.8) is 0 Å². The minimum absolute atomic E-state index is 0.581. The SMILES string of the molecule is CCCC1NCc2ccc(Br)cc21. The van der Waals surface area contributed by atoms with Crippen molar-refractivity contribution >= 4 is 15.9 Å². The van der Waals surface area contributed by atoms with Gasteiger partial charge in [0.1, 0.15) is 0 Å². The Kier molecular flexibility index (Phi) is 2.70. The zero-order valence-corrected chi connectivity index (χ0v) is 9.39. The van der Waals surface area contributed by atoms with E-state index < -0.39 is 0 Å². The number of hydrogen-bond acceptors (Lipinski definition) is 1. The van der Waals surface area contributed by atoms with E-state index in [1.807, 2.05) is 0 Å². The number of fused-ring (bicyclic) bond motifs is 1. The van der Waals surface area contributed by atoms with Gasteiger partial charge in [0, 0.05) is 17.1 Å². The van der Waals surface area contributed by atoms with Crippen LogP contribution in [0.1, 0.15) is 36.9 Å². The molecule has 1 N–H and O–H groups in total. The standard InChI is InChI=1S/C11H14BrN/c1-2-3-11-10-6-9(12)5-4-8(10)7-13-11/h4-6,11,13H,2-3,7H2,1H3. The van der Waals surface area contributed by atoms with Crippen LogP contribution in [0, 0.1) is 0 Å². The van der Waals surface area contributed by atoms with E-state index in [4.69, 9.17) is 0 Å². The van der Waals surface area contributed by atoms with Gasteiger partial charge in [-0.05, 0) is 29.7 Å². The fraction of sp³-hybridized carbons (Fsp3) is 0.455. The molecule has 1 aromatic rings. The molecule has 0 bridgehead atoms. The number of hydrogen-bond donors (Lipinski definition) is 1. The lowest BCUT2D eigenvalue weighted by molar-refractivity contribution is 0.535. The van der Waals surface area contributed by atoms with Gasteiger partial charge in [-0.25, -0.2) is 0 Å². The van der Waals surface area contributed by atoms with E-state index in [1.54, 1.807) is 0 Å². The summed E-state index contributed by atoms with van der Waals surface area (Å²) in [5, 5.41) is 3.53. The summed E-state index contributed by atoms with van der Waals surface area (Å²) in [4.78, 5) is 0. The van der Waals surface area contributed by atoms with Crippen molar-refractivity contribution in [3.05, 3.63) is 33.8 Å². The average molecular weight is 240 g/mol. The molecule has 0 amide bonds. The molecule has 0 radical (unpaired) electrons. The Morgan fingerprint density at radius 1 is 1.54 bits per heavy atom. The van der Waals surface area contributed by atoms with Crippen LogP contribution in [0.4, 0.5) is 0 Å². The molecular formula is C11H14BrN. The lowest BCUT2D eigenvalue weighted by Crippen LogP contribution is -2.11. The highest BCUT2D eigenvalue weighted by molar-refractivity contribution is 9.10. The van der Waals surface area contributed by atoms with Crippen LogP contribution < -0.4 is 5.32 Å². The Labute approximate surface area is 87.7 Å². The largest absolute Gasteiger partial charge is 0.306 e. The lowest BCUT2D eigenvalue weighted by Gasteiger charge is -2.10. The lowest BCUT2D eigenvalue weighted by atomic mass is 10.0. The third-order valence-corrected chi connectivity index (χ3v) is 3.09. The zero-order chi connectivity index (χ0) is 9.26. The van der Waals surface area contributed by atoms with Gasteiger partial charge >= 0.3 is 0 Å². The van der Waals surface area contributed by atoms with Crippen LogP contribution in [-0.4, -0.2) is 0 Å². The van der Waals surface area contributed by atoms with Crippen molar-refractivity contribution in [2.45, 2.75) is 32.4 Å². The molecule has 0 aromatic heterocycles. The first-order valence-electron chi connectivity index (χ1n) is 4.83. The molecule has 2 heteroatoms. The third-order valence-electron chi connectivity index (χ3n) is 2.60. The van der Waals surface area contributed by atoms with E-state index in [0.717, 1.165) is 6.54 Å². The van der Waals surface area contributed by atoms with Crippen molar-refractivity contribution in [3.8, 4) is 0 Å². The van der Waals surface area contributed by atoms with Crippen LogP contribution in [0.15, 0.2) is 22.7 Å². The van der Waals surface area contributed by atoms with Gasteiger partial charge in [0.2, 0.25) is 0 Å². The topological polar surface area (TPSA) is 12.0 Å². The first-order chi connectivity index (χ1) is 6.31. The minimum Gasteiger partial charge on any atom is -0.306 e. The molecule has 0 fully saturated rings. The zero-order valence-electron chi connectivity index (χ0n) is 7.81. The molecule has 1 unspecified atom stereocenters. The van der Waals surface area contributed by atoms with Gasteiger partial charge in [0.15, 0.2) is 0 Å². The van der Waals surface area contributed by atoms with Gasteiger partial charge in [-0.15, -0.1) is 0 Å². The van der Waals surface area contributed by atoms with Gasteiger partial charge in [-0.2, -0.15) is 0 Å². The van der Waals surface area contributed by atoms with Crippen molar-refractivity contribution in [2.75, 3.05) is 0 Å². The molecule has 1 aliphatic rings. The molecule has 0 aliphatic carbocycles. The predicted octanol–water partition coefficient (Wildman–Crippen LogP) is 3.39. The molecule has 1 aliphatic heterocycles. The second-order valence-electron chi connectivity index (χ2n) is 3.57. The van der Waals surface area contributed by atoms with E-state index in [0.29, 0.717) is 6.04 Å². The Morgan fingerprint density at radius 3 is 3.15 bits per heavy atom. The first-order valence-corrected chi connectivity index (χ1v) is 5.62. The summed E-state index contributed by atoms with van der Waals surface area (Å²) in [7, 11) is 0. The van der Waals surface area contributed by atoms with Crippen molar-refractivity contribution in [1.29, 1.82) is 0 Å². The Bertz CT molecular complexity index is 307. The summed E-state index contributed by atoms with van der Waals surface area (Å²) in [6.45, 7) is 3.27. The van der Waals surface area contributed by atoms with Crippen molar-refractivity contribution < 1.29 is 0 Å². The van der Waals surface area contributed by atoms with Crippen LogP contribution in [0.3, 0.4) is 0 Å². The molecule has 1 aromatic carbocycles. The van der Waals surface area contributed by atoms with Crippen molar-refractivity contribution in [2.24, 2.45) is 0 Å². The van der Waals surface area contributed by atoms with Gasteiger partial charge in [-0.1, -0.05) is 35.3 Å². The second kappa shape index (κ2) is 3.81. The summed E-state index contributed by atoms with van der Waals surface area (Å²) >= 11 is 3.52. The summed E-state index contributed by atoms with van der Waals surface area (Å²) in [5.74, 6) is 0. The van der Waals surface area contributed by atoms with Crippen LogP contribution in [0.5, 0.6) is 0 Å². The smallest absolute Gasteiger partial charge is 0.0326 e. The van der Waals surface area contributed by atoms with E-state index in [-0.39, 0.29) is 0 Å². The summed E-state index contributed by atoms with van der Waals surface area (Å²) < 4.78 is 1.19. The maximum Gasteiger partial charge on any atom is 0.0326 e. The Hall–Kier alpha value is -0.340. The van der Waals surface area contributed by atoms with Crippen LogP contribution in [0.25, 0.3) is 0 Å². The van der Waals surface area contributed by atoms with E-state index in [1.165, 1.54) is 28.4 Å². The van der Waals surface area contributed by atoms with Crippen LogP contribution in [0.2, 0.25) is 0 Å². The monoisotopic (exact) mass is 239 g/mol. The molecule has 13 heavy (non-hydrogen) atoms. The van der Waals surface area contributed by atoms with Gasteiger partial charge in [0.25, 0.3) is 0 Å². The molecular weight excluding hydrogens is 226 g/mol. The molecule has 0 spiro atoms. The first kappa shape index (κ1) is 9.22. The number of benzene rings is 1. The van der Waals surface area contributed by atoms with Gasteiger partial charge < -0.3 is 5.32 Å². The van der Waals surface area contributed by atoms with Crippen LogP contribution >= 0.6 is 15.9 Å². The van der Waals surface area contributed by atoms with E-state index >= 15 is 0 Å². The average Bonchev–Trinajstić information content (AvgIpc) is 2.49. The summed E-state index contributed by atoms with van der Waals surface area (Å²) in [6, 6.07) is 7.16. The predicted molar refractivity (Wildman–Crippen MR) is 58.6 cm³/mol. The van der Waals surface area contributed by atoms with Crippen LogP contribution in [-0.2, 0) is 6.54 Å². The second-order valence-corrected chi connectivity index (χ2v) is 4.48. The maximum absolute atomic E-state index is 3.53. The highest BCUT2D eigenvalue weighted by Gasteiger charge is 2.20. The molecule has 0 saturated carbocycles. The van der Waals surface area contributed by atoms with E-state index in [9.17, 15) is 0 Å². The molecule has 1 nitrogen and oxygen atoms in total. The number of halogens is 1. The molecule has 1 atom stereocenters. The number of rotatable bonds is 2. The highest BCUT2D eigenvalue weighted by Crippen LogP contribution is 2.30. The van der Waals surface area contributed by atoms with E-state index in [2.05, 4.69) is 46.4 Å². The Morgan fingerprint density at radius 2 is 2.38 bits per heavy atom. The van der Waals surface area contributed by atoms with Gasteiger partial charge in [0.05, 0.1) is 0 Å². The fourth-order valence-electron chi connectivity index (χ4n) is 1.94. The third kappa shape index (κ3) is 1.79. The summed E-state index contributed by atoms with van der Waals surface area (Å²) in [5.41, 5.74) is 2.94. The Balaban J connectivity index is 2.29. The quantitative estimate of drug-likeness (QED) is 0.835. The molecule has 1 heterocycles. The fourth-order valence-corrected chi connectivity index (χ4v) is 2.32.